The molecule has 1 unspecified atom stereocenters. The van der Waals surface area contributed by atoms with E-state index in [0.29, 0.717) is 5.92 Å². The van der Waals surface area contributed by atoms with Gasteiger partial charge in [-0.1, -0.05) is 30.7 Å². The van der Waals surface area contributed by atoms with Gasteiger partial charge in [-0.05, 0) is 51.0 Å². The highest BCUT2D eigenvalue weighted by Crippen LogP contribution is 2.11. The summed E-state index contributed by atoms with van der Waals surface area (Å²) in [5.41, 5.74) is 2.24. The van der Waals surface area contributed by atoms with Crippen LogP contribution in [0.3, 0.4) is 0 Å². The van der Waals surface area contributed by atoms with Crippen molar-refractivity contribution in [2.75, 3.05) is 0 Å². The van der Waals surface area contributed by atoms with Gasteiger partial charge in [0.25, 0.3) is 0 Å². The van der Waals surface area contributed by atoms with E-state index in [0.717, 1.165) is 31.1 Å². The Morgan fingerprint density at radius 3 is 2.50 bits per heavy atom. The van der Waals surface area contributed by atoms with Crippen LogP contribution >= 0.6 is 0 Å². The number of carbonyl (C=O) groups excluding carboxylic acids is 1. The minimum absolute atomic E-state index is 0.598. The highest BCUT2D eigenvalue weighted by Gasteiger charge is 1.94. The molecule has 0 saturated heterocycles. The fourth-order valence-electron chi connectivity index (χ4n) is 1.39. The molecule has 0 aromatic heterocycles. The summed E-state index contributed by atoms with van der Waals surface area (Å²) in [6.07, 6.45) is 11.5. The predicted molar refractivity (Wildman–Crippen MR) is 71.4 cm³/mol. The third-order valence-electron chi connectivity index (χ3n) is 2.71. The van der Waals surface area contributed by atoms with Crippen molar-refractivity contribution >= 4 is 6.29 Å². The molecule has 0 radical (unpaired) electrons. The van der Waals surface area contributed by atoms with Crippen molar-refractivity contribution in [2.45, 2.75) is 46.5 Å². The van der Waals surface area contributed by atoms with Crippen molar-refractivity contribution < 1.29 is 4.79 Å². The Morgan fingerprint density at radius 2 is 1.94 bits per heavy atom. The molecule has 0 heterocycles. The van der Waals surface area contributed by atoms with Crippen LogP contribution in [0.4, 0.5) is 0 Å². The van der Waals surface area contributed by atoms with E-state index in [9.17, 15) is 4.79 Å². The lowest BCUT2D eigenvalue weighted by Gasteiger charge is -2.03. The van der Waals surface area contributed by atoms with Crippen LogP contribution in [0.2, 0.25) is 0 Å². The van der Waals surface area contributed by atoms with E-state index in [2.05, 4.69) is 26.5 Å². The van der Waals surface area contributed by atoms with Gasteiger partial charge in [0.05, 0.1) is 0 Å². The lowest BCUT2D eigenvalue weighted by atomic mass is 10.0. The first kappa shape index (κ1) is 14.9. The van der Waals surface area contributed by atoms with Crippen molar-refractivity contribution in [1.29, 1.82) is 0 Å². The Kier molecular flexibility index (Phi) is 8.51. The van der Waals surface area contributed by atoms with E-state index in [1.54, 1.807) is 0 Å². The molecule has 0 aromatic rings. The first-order valence-corrected chi connectivity index (χ1v) is 6.00. The number of carbonyl (C=O) groups is 1. The quantitative estimate of drug-likeness (QED) is 0.335. The molecule has 16 heavy (non-hydrogen) atoms. The highest BCUT2D eigenvalue weighted by molar-refractivity contribution is 5.71. The van der Waals surface area contributed by atoms with Gasteiger partial charge in [0.2, 0.25) is 0 Å². The molecule has 0 aliphatic carbocycles. The van der Waals surface area contributed by atoms with E-state index in [1.165, 1.54) is 12.0 Å². The van der Waals surface area contributed by atoms with E-state index >= 15 is 0 Å². The summed E-state index contributed by atoms with van der Waals surface area (Å²) in [6, 6.07) is 0. The van der Waals surface area contributed by atoms with E-state index in [1.807, 2.05) is 19.1 Å². The molecule has 0 aromatic carbocycles. The standard InChI is InChI=1S/C15H24O/c1-5-13(2)8-6-9-14(3)10-7-11-15(4)12-16/h5,9,11-13H,1,6-8,10H2,2-4H3. The maximum atomic E-state index is 10.4. The fourth-order valence-corrected chi connectivity index (χ4v) is 1.39. The van der Waals surface area contributed by atoms with Crippen molar-refractivity contribution in [3.05, 3.63) is 36.0 Å². The molecule has 0 N–H and O–H groups in total. The summed E-state index contributed by atoms with van der Waals surface area (Å²) in [4.78, 5) is 10.4. The second kappa shape index (κ2) is 9.14. The molecule has 1 atom stereocenters. The molecule has 0 fully saturated rings. The molecular formula is C15H24O. The third kappa shape index (κ3) is 8.22. The molecule has 0 saturated carbocycles. The van der Waals surface area contributed by atoms with Crippen LogP contribution in [0, 0.1) is 5.92 Å². The van der Waals surface area contributed by atoms with E-state index in [4.69, 9.17) is 0 Å². The summed E-state index contributed by atoms with van der Waals surface area (Å²) >= 11 is 0. The predicted octanol–water partition coefficient (Wildman–Crippen LogP) is 4.46. The zero-order valence-corrected chi connectivity index (χ0v) is 10.8. The van der Waals surface area contributed by atoms with Crippen LogP contribution in [0.1, 0.15) is 46.5 Å². The van der Waals surface area contributed by atoms with Crippen molar-refractivity contribution in [3.8, 4) is 0 Å². The van der Waals surface area contributed by atoms with Gasteiger partial charge in [-0.15, -0.1) is 6.58 Å². The Hall–Kier alpha value is -1.11. The Balaban J connectivity index is 3.79. The minimum Gasteiger partial charge on any atom is -0.298 e. The summed E-state index contributed by atoms with van der Waals surface area (Å²) in [5, 5.41) is 0. The fraction of sp³-hybridized carbons (Fsp3) is 0.533. The summed E-state index contributed by atoms with van der Waals surface area (Å²) in [7, 11) is 0. The molecule has 90 valence electrons. The number of rotatable bonds is 8. The summed E-state index contributed by atoms with van der Waals surface area (Å²) in [5.74, 6) is 0.598. The Bertz CT molecular complexity index is 271. The van der Waals surface area contributed by atoms with Crippen LogP contribution in [0.25, 0.3) is 0 Å². The normalized spacial score (nSPS) is 14.7. The summed E-state index contributed by atoms with van der Waals surface area (Å²) in [6.45, 7) is 9.96. The van der Waals surface area contributed by atoms with Gasteiger partial charge in [-0.25, -0.2) is 0 Å². The molecule has 0 aliphatic heterocycles. The number of allylic oxidation sites excluding steroid dienone is 5. The van der Waals surface area contributed by atoms with Crippen LogP contribution in [-0.4, -0.2) is 6.29 Å². The SMILES string of the molecule is C=CC(C)CCC=C(C)CCC=C(C)C=O. The number of hydrogen-bond donors (Lipinski definition) is 0. The molecule has 0 spiro atoms. The lowest BCUT2D eigenvalue weighted by molar-refractivity contribution is -0.104. The second-order valence-electron chi connectivity index (χ2n) is 4.45. The maximum absolute atomic E-state index is 10.4. The first-order valence-electron chi connectivity index (χ1n) is 6.00. The lowest BCUT2D eigenvalue weighted by Crippen LogP contribution is -1.87. The molecule has 1 nitrogen and oxygen atoms in total. The van der Waals surface area contributed by atoms with E-state index in [-0.39, 0.29) is 0 Å². The molecule has 0 aliphatic rings. The van der Waals surface area contributed by atoms with Gasteiger partial charge in [-0.2, -0.15) is 0 Å². The van der Waals surface area contributed by atoms with Crippen LogP contribution in [0.15, 0.2) is 36.0 Å². The zero-order valence-electron chi connectivity index (χ0n) is 10.8. The largest absolute Gasteiger partial charge is 0.298 e. The minimum atomic E-state index is 0.598. The van der Waals surface area contributed by atoms with Crippen molar-refractivity contribution in [2.24, 2.45) is 5.92 Å². The monoisotopic (exact) mass is 220 g/mol. The van der Waals surface area contributed by atoms with E-state index < -0.39 is 0 Å². The highest BCUT2D eigenvalue weighted by atomic mass is 16.1. The number of aldehydes is 1. The first-order chi connectivity index (χ1) is 7.60. The van der Waals surface area contributed by atoms with Gasteiger partial charge < -0.3 is 0 Å². The number of hydrogen-bond acceptors (Lipinski definition) is 1. The van der Waals surface area contributed by atoms with Crippen LogP contribution in [0.5, 0.6) is 0 Å². The van der Waals surface area contributed by atoms with Gasteiger partial charge in [0.1, 0.15) is 6.29 Å². The topological polar surface area (TPSA) is 17.1 Å². The van der Waals surface area contributed by atoms with Crippen molar-refractivity contribution in [1.82, 2.24) is 0 Å². The summed E-state index contributed by atoms with van der Waals surface area (Å²) < 4.78 is 0. The molecule has 1 heteroatoms. The average molecular weight is 220 g/mol. The third-order valence-corrected chi connectivity index (χ3v) is 2.71. The van der Waals surface area contributed by atoms with Crippen LogP contribution in [-0.2, 0) is 4.79 Å². The average Bonchev–Trinajstić information content (AvgIpc) is 2.28. The Morgan fingerprint density at radius 1 is 1.25 bits per heavy atom. The van der Waals surface area contributed by atoms with Gasteiger partial charge in [0, 0.05) is 0 Å². The molecular weight excluding hydrogens is 196 g/mol. The van der Waals surface area contributed by atoms with Gasteiger partial charge >= 0.3 is 0 Å². The zero-order chi connectivity index (χ0) is 12.4. The van der Waals surface area contributed by atoms with Crippen molar-refractivity contribution in [3.63, 3.8) is 0 Å². The van der Waals surface area contributed by atoms with Gasteiger partial charge in [-0.3, -0.25) is 4.79 Å². The molecule has 0 bridgehead atoms. The molecule has 0 rings (SSSR count). The Labute approximate surface area is 99.9 Å². The molecule has 0 amide bonds. The second-order valence-corrected chi connectivity index (χ2v) is 4.45. The van der Waals surface area contributed by atoms with Gasteiger partial charge in [0.15, 0.2) is 0 Å². The smallest absolute Gasteiger partial charge is 0.145 e. The van der Waals surface area contributed by atoms with Crippen LogP contribution < -0.4 is 0 Å². The maximum Gasteiger partial charge on any atom is 0.145 e.